The molecule has 0 atom stereocenters. The summed E-state index contributed by atoms with van der Waals surface area (Å²) in [6.45, 7) is 2.46. The quantitative estimate of drug-likeness (QED) is 0.710. The Kier molecular flexibility index (Phi) is 2.19. The number of halogens is 1. The van der Waals surface area contributed by atoms with E-state index in [0.717, 1.165) is 4.60 Å². The number of fused-ring (bicyclic) bond motifs is 1. The van der Waals surface area contributed by atoms with Gasteiger partial charge in [-0.2, -0.15) is 0 Å². The van der Waals surface area contributed by atoms with Crippen LogP contribution in [0, 0.1) is 0 Å². The highest BCUT2D eigenvalue weighted by Gasteiger charge is 2.30. The van der Waals surface area contributed by atoms with Gasteiger partial charge in [-0.25, -0.2) is 0 Å². The van der Waals surface area contributed by atoms with Crippen molar-refractivity contribution in [2.24, 2.45) is 0 Å². The second-order valence-corrected chi connectivity index (χ2v) is 3.88. The fourth-order valence-corrected chi connectivity index (χ4v) is 2.03. The Hall–Kier alpha value is -1.10. The minimum atomic E-state index is -0.213. The number of carbonyl (C=O) groups excluding carboxylic acids is 2. The summed E-state index contributed by atoms with van der Waals surface area (Å²) in [4.78, 5) is 24.5. The van der Waals surface area contributed by atoms with E-state index < -0.39 is 0 Å². The number of aromatic nitrogens is 1. The van der Waals surface area contributed by atoms with Gasteiger partial charge in [-0.3, -0.25) is 14.5 Å². The summed E-state index contributed by atoms with van der Waals surface area (Å²) >= 11 is 3.29. The third kappa shape index (κ3) is 1.19. The molecule has 0 aliphatic carbocycles. The van der Waals surface area contributed by atoms with Gasteiger partial charge in [-0.05, 0) is 35.0 Å². The lowest BCUT2D eigenvalue weighted by Gasteiger charge is -2.25. The number of amides is 2. The first kappa shape index (κ1) is 9.45. The van der Waals surface area contributed by atoms with Gasteiger partial charge >= 0.3 is 0 Å². The highest BCUT2D eigenvalue weighted by molar-refractivity contribution is 9.10. The Balaban J connectivity index is 2.50. The normalized spacial score (nSPS) is 16.0. The lowest BCUT2D eigenvalue weighted by molar-refractivity contribution is -0.129. The Morgan fingerprint density at radius 2 is 2.14 bits per heavy atom. The lowest BCUT2D eigenvalue weighted by atomic mass is 10.3. The summed E-state index contributed by atoms with van der Waals surface area (Å²) in [6, 6.07) is 3.50. The summed E-state index contributed by atoms with van der Waals surface area (Å²) in [5.41, 5.74) is 0.568. The van der Waals surface area contributed by atoms with Crippen LogP contribution in [-0.2, 0) is 11.3 Å². The van der Waals surface area contributed by atoms with Crippen LogP contribution in [-0.4, -0.2) is 27.8 Å². The molecule has 2 heterocycles. The molecular formula is C9H9BrN2O2. The predicted molar refractivity (Wildman–Crippen MR) is 53.8 cm³/mol. The molecule has 0 N–H and O–H groups in total. The van der Waals surface area contributed by atoms with Crippen LogP contribution in [0.25, 0.3) is 0 Å². The maximum Gasteiger partial charge on any atom is 0.277 e. The monoisotopic (exact) mass is 256 g/mol. The SMILES string of the molecule is CCN1C(=O)Cn2c(Br)ccc2C1=O. The molecule has 1 aromatic heterocycles. The molecule has 0 fully saturated rings. The van der Waals surface area contributed by atoms with Gasteiger partial charge in [0.2, 0.25) is 5.91 Å². The number of hydrogen-bond donors (Lipinski definition) is 0. The molecular weight excluding hydrogens is 248 g/mol. The standard InChI is InChI=1S/C9H9BrN2O2/c1-2-11-8(13)5-12-6(9(11)14)3-4-7(12)10/h3-4H,2,5H2,1H3. The molecule has 0 unspecified atom stereocenters. The van der Waals surface area contributed by atoms with Crippen LogP contribution in [0.2, 0.25) is 0 Å². The molecule has 2 rings (SSSR count). The zero-order valence-electron chi connectivity index (χ0n) is 7.66. The van der Waals surface area contributed by atoms with Gasteiger partial charge < -0.3 is 4.57 Å². The third-order valence-electron chi connectivity index (χ3n) is 2.30. The molecule has 14 heavy (non-hydrogen) atoms. The Morgan fingerprint density at radius 3 is 2.79 bits per heavy atom. The second kappa shape index (κ2) is 3.24. The van der Waals surface area contributed by atoms with Gasteiger partial charge in [-0.15, -0.1) is 0 Å². The molecule has 74 valence electrons. The largest absolute Gasteiger partial charge is 0.322 e. The fraction of sp³-hybridized carbons (Fsp3) is 0.333. The van der Waals surface area contributed by atoms with E-state index in [9.17, 15) is 9.59 Å². The van der Waals surface area contributed by atoms with Crippen LogP contribution in [0.15, 0.2) is 16.7 Å². The number of imide groups is 1. The Labute approximate surface area is 89.6 Å². The van der Waals surface area contributed by atoms with Gasteiger partial charge in [0.15, 0.2) is 0 Å². The van der Waals surface area contributed by atoms with E-state index in [1.54, 1.807) is 23.6 Å². The van der Waals surface area contributed by atoms with Crippen molar-refractivity contribution in [1.82, 2.24) is 9.47 Å². The molecule has 0 radical (unpaired) electrons. The zero-order chi connectivity index (χ0) is 10.3. The van der Waals surface area contributed by atoms with E-state index in [4.69, 9.17) is 0 Å². The maximum atomic E-state index is 11.7. The van der Waals surface area contributed by atoms with E-state index in [1.165, 1.54) is 4.90 Å². The second-order valence-electron chi connectivity index (χ2n) is 3.07. The van der Waals surface area contributed by atoms with E-state index >= 15 is 0 Å². The molecule has 0 bridgehead atoms. The van der Waals surface area contributed by atoms with Crippen molar-refractivity contribution in [3.8, 4) is 0 Å². The van der Waals surface area contributed by atoms with E-state index in [-0.39, 0.29) is 18.4 Å². The summed E-state index contributed by atoms with van der Waals surface area (Å²) in [6.07, 6.45) is 0. The number of rotatable bonds is 1. The van der Waals surface area contributed by atoms with Gasteiger partial charge in [0, 0.05) is 6.54 Å². The van der Waals surface area contributed by atoms with Gasteiger partial charge in [0.05, 0.1) is 4.60 Å². The van der Waals surface area contributed by atoms with Crippen molar-refractivity contribution in [3.05, 3.63) is 22.4 Å². The van der Waals surface area contributed by atoms with Crippen LogP contribution < -0.4 is 0 Å². The smallest absolute Gasteiger partial charge is 0.277 e. The van der Waals surface area contributed by atoms with E-state index in [2.05, 4.69) is 15.9 Å². The molecule has 4 nitrogen and oxygen atoms in total. The molecule has 0 saturated carbocycles. The summed E-state index contributed by atoms with van der Waals surface area (Å²) < 4.78 is 2.45. The van der Waals surface area contributed by atoms with E-state index in [0.29, 0.717) is 12.2 Å². The molecule has 1 aliphatic rings. The Morgan fingerprint density at radius 1 is 1.43 bits per heavy atom. The molecule has 0 aromatic carbocycles. The predicted octanol–water partition coefficient (Wildman–Crippen LogP) is 1.25. The number of carbonyl (C=O) groups is 2. The summed E-state index contributed by atoms with van der Waals surface area (Å²) in [5, 5.41) is 0. The minimum Gasteiger partial charge on any atom is -0.322 e. The Bertz CT molecular complexity index is 411. The average molecular weight is 257 g/mol. The molecule has 0 spiro atoms. The first-order valence-corrected chi connectivity index (χ1v) is 5.14. The van der Waals surface area contributed by atoms with Crippen LogP contribution in [0.3, 0.4) is 0 Å². The van der Waals surface area contributed by atoms with Crippen LogP contribution in [0.5, 0.6) is 0 Å². The minimum absolute atomic E-state index is 0.151. The fourth-order valence-electron chi connectivity index (χ4n) is 1.58. The average Bonchev–Trinajstić information content (AvgIpc) is 2.49. The van der Waals surface area contributed by atoms with Crippen LogP contribution in [0.1, 0.15) is 17.4 Å². The summed E-state index contributed by atoms with van der Waals surface area (Å²) in [5.74, 6) is -0.364. The van der Waals surface area contributed by atoms with Gasteiger partial charge in [0.25, 0.3) is 5.91 Å². The number of hydrogen-bond acceptors (Lipinski definition) is 2. The van der Waals surface area contributed by atoms with Crippen molar-refractivity contribution < 1.29 is 9.59 Å². The molecule has 1 aromatic rings. The summed E-state index contributed by atoms with van der Waals surface area (Å²) in [7, 11) is 0. The van der Waals surface area contributed by atoms with Crippen molar-refractivity contribution in [3.63, 3.8) is 0 Å². The van der Waals surface area contributed by atoms with Crippen molar-refractivity contribution in [2.45, 2.75) is 13.5 Å². The number of nitrogens with zero attached hydrogens (tertiary/aromatic N) is 2. The van der Waals surface area contributed by atoms with Gasteiger partial charge in [-0.1, -0.05) is 0 Å². The van der Waals surface area contributed by atoms with Crippen LogP contribution in [0.4, 0.5) is 0 Å². The maximum absolute atomic E-state index is 11.7. The van der Waals surface area contributed by atoms with Gasteiger partial charge in [0.1, 0.15) is 12.2 Å². The molecule has 2 amide bonds. The highest BCUT2D eigenvalue weighted by atomic mass is 79.9. The molecule has 1 aliphatic heterocycles. The third-order valence-corrected chi connectivity index (χ3v) is 2.99. The highest BCUT2D eigenvalue weighted by Crippen LogP contribution is 2.21. The molecule has 5 heteroatoms. The van der Waals surface area contributed by atoms with Crippen molar-refractivity contribution in [2.75, 3.05) is 6.54 Å². The van der Waals surface area contributed by atoms with Crippen molar-refractivity contribution in [1.29, 1.82) is 0 Å². The number of likely N-dealkylation sites (N-methyl/N-ethyl adjacent to an activating group) is 1. The molecule has 0 saturated heterocycles. The van der Waals surface area contributed by atoms with E-state index in [1.807, 2.05) is 0 Å². The van der Waals surface area contributed by atoms with Crippen LogP contribution >= 0.6 is 15.9 Å². The lowest BCUT2D eigenvalue weighted by Crippen LogP contribution is -2.44. The zero-order valence-corrected chi connectivity index (χ0v) is 9.24. The van der Waals surface area contributed by atoms with Crippen molar-refractivity contribution >= 4 is 27.7 Å². The first-order chi connectivity index (χ1) is 6.65. The topological polar surface area (TPSA) is 42.3 Å². The first-order valence-electron chi connectivity index (χ1n) is 4.35.